The first-order chi connectivity index (χ1) is 7.34. The molecule has 0 bridgehead atoms. The van der Waals surface area contributed by atoms with Crippen LogP contribution in [0.25, 0.3) is 0 Å². The largest absolute Gasteiger partial charge is 0.378 e. The maximum Gasteiger partial charge on any atom is 0.0645 e. The zero-order chi connectivity index (χ0) is 10.3. The van der Waals surface area contributed by atoms with Crippen molar-refractivity contribution >= 4 is 0 Å². The molecule has 2 nitrogen and oxygen atoms in total. The van der Waals surface area contributed by atoms with E-state index >= 15 is 0 Å². The fourth-order valence-corrected chi connectivity index (χ4v) is 3.01. The molecule has 0 saturated carbocycles. The van der Waals surface area contributed by atoms with Crippen molar-refractivity contribution in [1.82, 2.24) is 4.90 Å². The molecule has 2 aliphatic heterocycles. The zero-order valence-electron chi connectivity index (χ0n) is 9.36. The minimum atomic E-state index is 0.713. The Hall–Kier alpha value is -0.600. The molecule has 15 heavy (non-hydrogen) atoms. The first-order valence-corrected chi connectivity index (χ1v) is 6.01. The monoisotopic (exact) mass is 205 g/mol. The lowest BCUT2D eigenvalue weighted by Gasteiger charge is -2.45. The molecule has 0 amide bonds. The normalized spacial score (nSPS) is 37.0. The molecule has 0 N–H and O–H groups in total. The van der Waals surface area contributed by atoms with E-state index in [1.807, 2.05) is 0 Å². The van der Waals surface area contributed by atoms with Gasteiger partial charge in [0.15, 0.2) is 0 Å². The summed E-state index contributed by atoms with van der Waals surface area (Å²) in [5.41, 5.74) is 1.58. The molecule has 0 aromatic heterocycles. The number of allylic oxidation sites excluding steroid dienone is 3. The smallest absolute Gasteiger partial charge is 0.0645 e. The second-order valence-electron chi connectivity index (χ2n) is 5.04. The van der Waals surface area contributed by atoms with Crippen molar-refractivity contribution in [2.24, 2.45) is 11.8 Å². The number of fused-ring (bicyclic) bond motifs is 1. The Bertz CT molecular complexity index is 304. The summed E-state index contributed by atoms with van der Waals surface area (Å²) in [5.74, 6) is 1.57. The average Bonchev–Trinajstić information content (AvgIpc) is 2.15. The Labute approximate surface area is 91.6 Å². The van der Waals surface area contributed by atoms with Gasteiger partial charge in [0.1, 0.15) is 0 Å². The van der Waals surface area contributed by atoms with E-state index < -0.39 is 0 Å². The quantitative estimate of drug-likeness (QED) is 0.647. The molecule has 3 rings (SSSR count). The van der Waals surface area contributed by atoms with Crippen molar-refractivity contribution in [3.05, 3.63) is 23.8 Å². The highest BCUT2D eigenvalue weighted by Gasteiger charge is 2.35. The van der Waals surface area contributed by atoms with Gasteiger partial charge in [-0.15, -0.1) is 0 Å². The van der Waals surface area contributed by atoms with Crippen LogP contribution in [0.2, 0.25) is 0 Å². The van der Waals surface area contributed by atoms with Crippen molar-refractivity contribution in [2.45, 2.75) is 19.4 Å². The van der Waals surface area contributed by atoms with Crippen LogP contribution >= 0.6 is 0 Å². The third-order valence-corrected chi connectivity index (χ3v) is 4.13. The molecular formula is C13H19NO. The molecule has 0 aromatic rings. The third-order valence-electron chi connectivity index (χ3n) is 4.13. The molecule has 1 aliphatic carbocycles. The minimum absolute atomic E-state index is 0.713. The zero-order valence-corrected chi connectivity index (χ0v) is 9.36. The van der Waals surface area contributed by atoms with Crippen molar-refractivity contribution in [2.75, 3.05) is 26.3 Å². The van der Waals surface area contributed by atoms with E-state index in [2.05, 4.69) is 30.1 Å². The minimum Gasteiger partial charge on any atom is -0.378 e. The van der Waals surface area contributed by atoms with E-state index in [1.165, 1.54) is 19.5 Å². The molecule has 2 unspecified atom stereocenters. The predicted octanol–water partition coefficient (Wildman–Crippen LogP) is 1.84. The lowest BCUT2D eigenvalue weighted by Crippen LogP contribution is -2.54. The Morgan fingerprint density at radius 3 is 3.00 bits per heavy atom. The average molecular weight is 205 g/mol. The second-order valence-corrected chi connectivity index (χ2v) is 5.04. The van der Waals surface area contributed by atoms with Crippen molar-refractivity contribution < 1.29 is 4.74 Å². The summed E-state index contributed by atoms with van der Waals surface area (Å²) in [5, 5.41) is 0. The summed E-state index contributed by atoms with van der Waals surface area (Å²) >= 11 is 0. The fraction of sp³-hybridized carbons (Fsp3) is 0.692. The molecule has 0 aromatic carbocycles. The molecule has 2 atom stereocenters. The summed E-state index contributed by atoms with van der Waals surface area (Å²) in [7, 11) is 0. The molecular weight excluding hydrogens is 186 g/mol. The predicted molar refractivity (Wildman–Crippen MR) is 60.7 cm³/mol. The topological polar surface area (TPSA) is 12.5 Å². The lowest BCUT2D eigenvalue weighted by atomic mass is 9.77. The van der Waals surface area contributed by atoms with Crippen molar-refractivity contribution in [1.29, 1.82) is 0 Å². The molecule has 82 valence electrons. The van der Waals surface area contributed by atoms with Gasteiger partial charge in [0.05, 0.1) is 19.3 Å². The number of piperidine rings is 1. The van der Waals surface area contributed by atoms with Crippen LogP contribution in [0.15, 0.2) is 23.8 Å². The Kier molecular flexibility index (Phi) is 2.41. The van der Waals surface area contributed by atoms with E-state index in [0.29, 0.717) is 6.04 Å². The summed E-state index contributed by atoms with van der Waals surface area (Å²) < 4.78 is 5.27. The number of ether oxygens (including phenoxy) is 1. The molecule has 2 heterocycles. The van der Waals surface area contributed by atoms with Crippen molar-refractivity contribution in [3.63, 3.8) is 0 Å². The van der Waals surface area contributed by atoms with Gasteiger partial charge in [-0.1, -0.05) is 23.8 Å². The standard InChI is InChI=1S/C13H19NO/c1-10-3-2-4-11-7-14(6-5-13(10)11)12-8-15-9-12/h2-4,11-13H,5-9H2,1H3. The Balaban J connectivity index is 1.68. The van der Waals surface area contributed by atoms with E-state index in [4.69, 9.17) is 4.74 Å². The Morgan fingerprint density at radius 1 is 1.40 bits per heavy atom. The van der Waals surface area contributed by atoms with E-state index in [9.17, 15) is 0 Å². The van der Waals surface area contributed by atoms with Crippen LogP contribution in [0.3, 0.4) is 0 Å². The lowest BCUT2D eigenvalue weighted by molar-refractivity contribution is -0.0776. The number of hydrogen-bond donors (Lipinski definition) is 0. The van der Waals surface area contributed by atoms with Gasteiger partial charge in [0.2, 0.25) is 0 Å². The number of hydrogen-bond acceptors (Lipinski definition) is 2. The van der Waals surface area contributed by atoms with E-state index in [0.717, 1.165) is 25.0 Å². The van der Waals surface area contributed by atoms with Gasteiger partial charge in [-0.2, -0.15) is 0 Å². The highest BCUT2D eigenvalue weighted by atomic mass is 16.5. The molecule has 2 saturated heterocycles. The van der Waals surface area contributed by atoms with Crippen LogP contribution < -0.4 is 0 Å². The van der Waals surface area contributed by atoms with Crippen LogP contribution in [0.1, 0.15) is 13.3 Å². The summed E-state index contributed by atoms with van der Waals surface area (Å²) in [6.45, 7) is 6.68. The molecule has 2 heteroatoms. The maximum atomic E-state index is 5.27. The summed E-state index contributed by atoms with van der Waals surface area (Å²) in [4.78, 5) is 2.62. The first-order valence-electron chi connectivity index (χ1n) is 6.01. The van der Waals surface area contributed by atoms with Crippen molar-refractivity contribution in [3.8, 4) is 0 Å². The van der Waals surface area contributed by atoms with Gasteiger partial charge < -0.3 is 4.74 Å². The van der Waals surface area contributed by atoms with E-state index in [1.54, 1.807) is 5.57 Å². The van der Waals surface area contributed by atoms with Gasteiger partial charge in [-0.3, -0.25) is 4.90 Å². The Morgan fingerprint density at radius 2 is 2.27 bits per heavy atom. The molecule has 0 spiro atoms. The molecule has 3 aliphatic rings. The maximum absolute atomic E-state index is 5.27. The van der Waals surface area contributed by atoms with E-state index in [-0.39, 0.29) is 0 Å². The van der Waals surface area contributed by atoms with Crippen LogP contribution in [-0.2, 0) is 4.74 Å². The highest BCUT2D eigenvalue weighted by Crippen LogP contribution is 2.34. The summed E-state index contributed by atoms with van der Waals surface area (Å²) in [6, 6.07) is 0.713. The number of nitrogens with zero attached hydrogens (tertiary/aromatic N) is 1. The van der Waals surface area contributed by atoms with Crippen LogP contribution in [0.5, 0.6) is 0 Å². The highest BCUT2D eigenvalue weighted by molar-refractivity contribution is 5.23. The van der Waals surface area contributed by atoms with Gasteiger partial charge in [-0.25, -0.2) is 0 Å². The third kappa shape index (κ3) is 1.66. The molecule has 2 fully saturated rings. The van der Waals surface area contributed by atoms with Gasteiger partial charge in [-0.05, 0) is 31.7 Å². The van der Waals surface area contributed by atoms with Crippen LogP contribution in [0, 0.1) is 11.8 Å². The van der Waals surface area contributed by atoms with Crippen LogP contribution in [0.4, 0.5) is 0 Å². The first kappa shape index (κ1) is 9.61. The van der Waals surface area contributed by atoms with Gasteiger partial charge in [0.25, 0.3) is 0 Å². The van der Waals surface area contributed by atoms with Crippen LogP contribution in [-0.4, -0.2) is 37.2 Å². The SMILES string of the molecule is CC1=CC=CC2CN(C3COC3)CCC12. The summed E-state index contributed by atoms with van der Waals surface area (Å²) in [6.07, 6.45) is 8.23. The molecule has 0 radical (unpaired) electrons. The fourth-order valence-electron chi connectivity index (χ4n) is 3.01. The van der Waals surface area contributed by atoms with Gasteiger partial charge in [0, 0.05) is 6.54 Å². The number of rotatable bonds is 1. The van der Waals surface area contributed by atoms with Gasteiger partial charge >= 0.3 is 0 Å². The number of likely N-dealkylation sites (tertiary alicyclic amines) is 1. The second kappa shape index (κ2) is 3.76.